The number of rotatable bonds is 6. The van der Waals surface area contributed by atoms with Gasteiger partial charge in [-0.15, -0.1) is 0 Å². The molecule has 0 N–H and O–H groups in total. The summed E-state index contributed by atoms with van der Waals surface area (Å²) in [6.07, 6.45) is 0.989. The molecule has 218 valence electrons. The van der Waals surface area contributed by atoms with Crippen molar-refractivity contribution in [1.82, 2.24) is 0 Å². The lowest BCUT2D eigenvalue weighted by molar-refractivity contribution is 0.112. The normalized spacial score (nSPS) is 11.7. The van der Waals surface area contributed by atoms with Gasteiger partial charge < -0.3 is 4.57 Å². The number of hydrogen-bond donors (Lipinski definition) is 0. The zero-order valence-electron chi connectivity index (χ0n) is 25.0. The Balaban J connectivity index is 1.43. The second-order valence-corrected chi connectivity index (χ2v) is 14.3. The molecule has 0 aliphatic carbocycles. The summed E-state index contributed by atoms with van der Waals surface area (Å²) < 4.78 is 15.3. The molecular formula is C43H29O2P. The molecule has 46 heavy (non-hydrogen) atoms. The molecule has 0 atom stereocenters. The van der Waals surface area contributed by atoms with Gasteiger partial charge in [-0.25, -0.2) is 0 Å². The third-order valence-electron chi connectivity index (χ3n) is 9.03. The van der Waals surface area contributed by atoms with E-state index in [2.05, 4.69) is 72.8 Å². The van der Waals surface area contributed by atoms with E-state index in [-0.39, 0.29) is 0 Å². The number of hydrogen-bond acceptors (Lipinski definition) is 2. The summed E-state index contributed by atoms with van der Waals surface area (Å²) in [5.74, 6) is 0. The molecule has 0 spiro atoms. The van der Waals surface area contributed by atoms with Crippen LogP contribution in [-0.2, 0) is 4.57 Å². The van der Waals surface area contributed by atoms with Crippen molar-refractivity contribution in [3.63, 3.8) is 0 Å². The second kappa shape index (κ2) is 11.4. The molecule has 0 heterocycles. The Kier molecular flexibility index (Phi) is 6.94. The fourth-order valence-electron chi connectivity index (χ4n) is 6.95. The monoisotopic (exact) mass is 608 g/mol. The van der Waals surface area contributed by atoms with Crippen LogP contribution in [0.1, 0.15) is 10.4 Å². The van der Waals surface area contributed by atoms with Crippen molar-refractivity contribution >= 4 is 61.7 Å². The standard InChI is InChI=1S/C43H29O2P/c44-29-41-35-21-8-7-14-30(35)26-27-40(41)43-38-24-11-9-22-36(38)42(37-23-10-12-25-39(37)43)31-15-13-20-34(28-31)46(45,32-16-3-1-4-17-32)33-18-5-2-6-19-33/h1-29H. The molecule has 0 saturated carbocycles. The van der Waals surface area contributed by atoms with Crippen molar-refractivity contribution in [2.45, 2.75) is 0 Å². The highest BCUT2D eigenvalue weighted by Gasteiger charge is 2.30. The molecule has 0 aliphatic rings. The lowest BCUT2D eigenvalue weighted by Gasteiger charge is -2.22. The highest BCUT2D eigenvalue weighted by molar-refractivity contribution is 7.85. The van der Waals surface area contributed by atoms with E-state index < -0.39 is 7.14 Å². The Hall–Kier alpha value is -5.56. The first kappa shape index (κ1) is 28.0. The molecule has 0 aliphatic heterocycles. The van der Waals surface area contributed by atoms with E-state index in [1.807, 2.05) is 97.1 Å². The van der Waals surface area contributed by atoms with Crippen LogP contribution in [0.4, 0.5) is 0 Å². The molecule has 8 rings (SSSR count). The average Bonchev–Trinajstić information content (AvgIpc) is 3.13. The molecule has 0 aromatic heterocycles. The van der Waals surface area contributed by atoms with Gasteiger partial charge in [-0.2, -0.15) is 0 Å². The van der Waals surface area contributed by atoms with Gasteiger partial charge in [-0.3, -0.25) is 4.79 Å². The zero-order valence-corrected chi connectivity index (χ0v) is 25.9. The first-order chi connectivity index (χ1) is 22.7. The van der Waals surface area contributed by atoms with Gasteiger partial charge in [0.05, 0.1) is 0 Å². The third kappa shape index (κ3) is 4.42. The van der Waals surface area contributed by atoms with E-state index in [0.29, 0.717) is 5.56 Å². The third-order valence-corrected chi connectivity index (χ3v) is 12.1. The molecule has 0 radical (unpaired) electrons. The number of aldehydes is 1. The van der Waals surface area contributed by atoms with Gasteiger partial charge in [0, 0.05) is 21.5 Å². The van der Waals surface area contributed by atoms with E-state index in [1.54, 1.807) is 0 Å². The van der Waals surface area contributed by atoms with Crippen LogP contribution in [0.2, 0.25) is 0 Å². The maximum Gasteiger partial charge on any atom is 0.171 e. The molecular weight excluding hydrogens is 579 g/mol. The highest BCUT2D eigenvalue weighted by Crippen LogP contribution is 2.47. The molecule has 0 unspecified atom stereocenters. The summed E-state index contributed by atoms with van der Waals surface area (Å²) in [5, 5.41) is 8.66. The maximum atomic E-state index is 15.3. The van der Waals surface area contributed by atoms with E-state index >= 15 is 4.57 Å². The number of carbonyl (C=O) groups excluding carboxylic acids is 1. The quantitative estimate of drug-likeness (QED) is 0.107. The lowest BCUT2D eigenvalue weighted by atomic mass is 9.84. The predicted octanol–water partition coefficient (Wildman–Crippen LogP) is 9.93. The minimum Gasteiger partial charge on any atom is -0.309 e. The van der Waals surface area contributed by atoms with Gasteiger partial charge >= 0.3 is 0 Å². The fraction of sp³-hybridized carbons (Fsp3) is 0. The van der Waals surface area contributed by atoms with Crippen LogP contribution in [-0.4, -0.2) is 6.29 Å². The predicted molar refractivity (Wildman–Crippen MR) is 195 cm³/mol. The van der Waals surface area contributed by atoms with Crippen LogP contribution in [0.3, 0.4) is 0 Å². The van der Waals surface area contributed by atoms with Gasteiger partial charge in [0.2, 0.25) is 0 Å². The first-order valence-corrected chi connectivity index (χ1v) is 17.1. The molecule has 0 amide bonds. The van der Waals surface area contributed by atoms with Crippen LogP contribution >= 0.6 is 7.14 Å². The van der Waals surface area contributed by atoms with Gasteiger partial charge in [0.25, 0.3) is 0 Å². The van der Waals surface area contributed by atoms with Crippen molar-refractivity contribution in [3.8, 4) is 22.3 Å². The van der Waals surface area contributed by atoms with Gasteiger partial charge in [0.1, 0.15) is 0 Å². The Morgan fingerprint density at radius 1 is 0.413 bits per heavy atom. The Labute approximate surface area is 268 Å². The highest BCUT2D eigenvalue weighted by atomic mass is 31.2. The maximum absolute atomic E-state index is 15.3. The van der Waals surface area contributed by atoms with Crippen LogP contribution in [0, 0.1) is 0 Å². The second-order valence-electron chi connectivity index (χ2n) is 11.5. The molecule has 8 aromatic rings. The van der Waals surface area contributed by atoms with E-state index in [1.165, 1.54) is 0 Å². The summed E-state index contributed by atoms with van der Waals surface area (Å²) >= 11 is 0. The Bertz CT molecular complexity index is 2360. The van der Waals surface area contributed by atoms with Crippen LogP contribution < -0.4 is 15.9 Å². The summed E-state index contributed by atoms with van der Waals surface area (Å²) in [6, 6.07) is 56.9. The minimum absolute atomic E-state index is 0.690. The molecule has 3 heteroatoms. The van der Waals surface area contributed by atoms with Crippen LogP contribution in [0.25, 0.3) is 54.6 Å². The largest absolute Gasteiger partial charge is 0.309 e. The summed E-state index contributed by atoms with van der Waals surface area (Å²) in [7, 11) is -3.17. The van der Waals surface area contributed by atoms with Crippen molar-refractivity contribution in [3.05, 3.63) is 175 Å². The van der Waals surface area contributed by atoms with Crippen LogP contribution in [0.5, 0.6) is 0 Å². The number of fused-ring (bicyclic) bond motifs is 3. The number of benzene rings is 8. The van der Waals surface area contributed by atoms with Gasteiger partial charge in [-0.1, -0.05) is 164 Å². The molecule has 0 bridgehead atoms. The van der Waals surface area contributed by atoms with Crippen molar-refractivity contribution < 1.29 is 9.36 Å². The Morgan fingerprint density at radius 2 is 0.891 bits per heavy atom. The van der Waals surface area contributed by atoms with Gasteiger partial charge in [0.15, 0.2) is 13.4 Å². The summed E-state index contributed by atoms with van der Waals surface area (Å²) in [6.45, 7) is 0. The topological polar surface area (TPSA) is 34.1 Å². The van der Waals surface area contributed by atoms with E-state index in [0.717, 1.165) is 76.8 Å². The minimum atomic E-state index is -3.17. The fourth-order valence-corrected chi connectivity index (χ4v) is 9.65. The first-order valence-electron chi connectivity index (χ1n) is 15.4. The van der Waals surface area contributed by atoms with Crippen molar-refractivity contribution in [1.29, 1.82) is 0 Å². The molecule has 8 aromatic carbocycles. The molecule has 0 fully saturated rings. The van der Waals surface area contributed by atoms with Crippen molar-refractivity contribution in [2.24, 2.45) is 0 Å². The van der Waals surface area contributed by atoms with E-state index in [9.17, 15) is 4.79 Å². The number of carbonyl (C=O) groups is 1. The van der Waals surface area contributed by atoms with Crippen molar-refractivity contribution in [2.75, 3.05) is 0 Å². The Morgan fingerprint density at radius 3 is 1.46 bits per heavy atom. The van der Waals surface area contributed by atoms with Crippen LogP contribution in [0.15, 0.2) is 170 Å². The average molecular weight is 609 g/mol. The SMILES string of the molecule is O=Cc1c(-c2c3ccccc3c(-c3cccc(P(=O)(c4ccccc4)c4ccccc4)c3)c3ccccc23)ccc2ccccc12. The van der Waals surface area contributed by atoms with E-state index in [4.69, 9.17) is 0 Å². The molecule has 0 saturated heterocycles. The summed E-state index contributed by atoms with van der Waals surface area (Å²) in [5.41, 5.74) is 4.72. The smallest absolute Gasteiger partial charge is 0.171 e. The summed E-state index contributed by atoms with van der Waals surface area (Å²) in [4.78, 5) is 12.7. The molecule has 2 nitrogen and oxygen atoms in total. The zero-order chi connectivity index (χ0) is 31.1. The lowest BCUT2D eigenvalue weighted by Crippen LogP contribution is -2.25. The van der Waals surface area contributed by atoms with Gasteiger partial charge in [-0.05, 0) is 60.6 Å².